The van der Waals surface area contributed by atoms with E-state index in [-0.39, 0.29) is 0 Å². The number of hydrogen-bond acceptors (Lipinski definition) is 0. The average molecular weight is 120 g/mol. The Balaban J connectivity index is 3.24. The fraction of sp³-hybridized carbons (Fsp3) is 0.222. The van der Waals surface area contributed by atoms with Crippen molar-refractivity contribution in [3.63, 3.8) is 0 Å². The second-order valence-electron chi connectivity index (χ2n) is 1.64. The molecule has 0 radical (unpaired) electrons. The van der Waals surface area contributed by atoms with E-state index in [1.807, 2.05) is 12.2 Å². The Morgan fingerprint density at radius 1 is 1.22 bits per heavy atom. The van der Waals surface area contributed by atoms with Crippen LogP contribution in [0.15, 0.2) is 43.2 Å². The van der Waals surface area contributed by atoms with Gasteiger partial charge in [0.25, 0.3) is 0 Å². The van der Waals surface area contributed by atoms with E-state index < -0.39 is 0 Å². The number of allylic oxidation sites excluding steroid dienone is 4. The summed E-state index contributed by atoms with van der Waals surface area (Å²) < 4.78 is 0. The van der Waals surface area contributed by atoms with Crippen LogP contribution in [0.25, 0.3) is 0 Å². The Labute approximate surface area is 56.9 Å². The first-order chi connectivity index (χ1) is 4.41. The molecule has 0 aromatic carbocycles. The van der Waals surface area contributed by atoms with Crippen LogP contribution < -0.4 is 0 Å². The third kappa shape index (κ3) is 7.00. The molecule has 0 unspecified atom stereocenters. The Bertz CT molecular complexity index is 134. The van der Waals surface area contributed by atoms with Crippen molar-refractivity contribution in [3.05, 3.63) is 43.2 Å². The van der Waals surface area contributed by atoms with Gasteiger partial charge in [-0.3, -0.25) is 0 Å². The summed E-state index contributed by atoms with van der Waals surface area (Å²) in [5.74, 6) is 0. The van der Waals surface area contributed by atoms with Gasteiger partial charge in [0.2, 0.25) is 0 Å². The molecule has 0 rings (SSSR count). The van der Waals surface area contributed by atoms with Crippen LogP contribution in [0.2, 0.25) is 0 Å². The van der Waals surface area contributed by atoms with Crippen molar-refractivity contribution in [2.24, 2.45) is 0 Å². The lowest BCUT2D eigenvalue weighted by molar-refractivity contribution is 1.32. The minimum Gasteiger partial charge on any atom is -0.133 e. The quantitative estimate of drug-likeness (QED) is 0.395. The third-order valence-electron chi connectivity index (χ3n) is 0.868. The normalized spacial score (nSPS) is 8.89. The van der Waals surface area contributed by atoms with Crippen LogP contribution in [-0.4, -0.2) is 0 Å². The van der Waals surface area contributed by atoms with Gasteiger partial charge in [0.1, 0.15) is 0 Å². The summed E-state index contributed by atoms with van der Waals surface area (Å²) in [5, 5.41) is 0. The van der Waals surface area contributed by atoms with E-state index in [2.05, 4.69) is 31.0 Å². The highest BCUT2D eigenvalue weighted by Crippen LogP contribution is 1.87. The Morgan fingerprint density at radius 3 is 2.44 bits per heavy atom. The highest BCUT2D eigenvalue weighted by molar-refractivity contribution is 4.93. The van der Waals surface area contributed by atoms with E-state index in [1.54, 1.807) is 0 Å². The van der Waals surface area contributed by atoms with Gasteiger partial charge in [-0.2, -0.15) is 0 Å². The SMILES string of the molecule is C=C=CCC=CCC=C. The van der Waals surface area contributed by atoms with E-state index in [9.17, 15) is 0 Å². The van der Waals surface area contributed by atoms with Crippen LogP contribution in [0.3, 0.4) is 0 Å². The van der Waals surface area contributed by atoms with Crippen molar-refractivity contribution >= 4 is 0 Å². The minimum absolute atomic E-state index is 0.928. The molecule has 0 aliphatic rings. The summed E-state index contributed by atoms with van der Waals surface area (Å²) in [6, 6.07) is 0. The zero-order valence-corrected chi connectivity index (χ0v) is 5.64. The first-order valence-corrected chi connectivity index (χ1v) is 3.02. The molecule has 0 heteroatoms. The van der Waals surface area contributed by atoms with Crippen molar-refractivity contribution < 1.29 is 0 Å². The van der Waals surface area contributed by atoms with Gasteiger partial charge < -0.3 is 0 Å². The molecule has 48 valence electrons. The summed E-state index contributed by atoms with van der Waals surface area (Å²) in [6.45, 7) is 7.03. The molecule has 0 aliphatic heterocycles. The van der Waals surface area contributed by atoms with Crippen LogP contribution in [-0.2, 0) is 0 Å². The molecule has 9 heavy (non-hydrogen) atoms. The monoisotopic (exact) mass is 120 g/mol. The van der Waals surface area contributed by atoms with Gasteiger partial charge in [-0.15, -0.1) is 12.3 Å². The van der Waals surface area contributed by atoms with Crippen molar-refractivity contribution in [3.8, 4) is 0 Å². The summed E-state index contributed by atoms with van der Waals surface area (Å²) >= 11 is 0. The molecule has 0 nitrogen and oxygen atoms in total. The first-order valence-electron chi connectivity index (χ1n) is 3.02. The Kier molecular flexibility index (Phi) is 6.22. The molecule has 0 aromatic heterocycles. The molecule has 0 aliphatic carbocycles. The van der Waals surface area contributed by atoms with Crippen molar-refractivity contribution in [2.75, 3.05) is 0 Å². The van der Waals surface area contributed by atoms with Crippen LogP contribution >= 0.6 is 0 Å². The van der Waals surface area contributed by atoms with Crippen molar-refractivity contribution in [2.45, 2.75) is 12.8 Å². The molecular formula is C9H12. The lowest BCUT2D eigenvalue weighted by Gasteiger charge is -1.77. The number of rotatable bonds is 4. The predicted octanol–water partition coefficient (Wildman–Crippen LogP) is 2.85. The van der Waals surface area contributed by atoms with Gasteiger partial charge in [0.05, 0.1) is 0 Å². The maximum atomic E-state index is 3.59. The van der Waals surface area contributed by atoms with Gasteiger partial charge in [-0.05, 0) is 18.9 Å². The third-order valence-corrected chi connectivity index (χ3v) is 0.868. The molecular weight excluding hydrogens is 108 g/mol. The fourth-order valence-corrected chi connectivity index (χ4v) is 0.440. The summed E-state index contributed by atoms with van der Waals surface area (Å²) in [6.07, 6.45) is 9.77. The molecule has 0 fully saturated rings. The highest BCUT2D eigenvalue weighted by Gasteiger charge is 1.66. The topological polar surface area (TPSA) is 0 Å². The molecule has 0 N–H and O–H groups in total. The lowest BCUT2D eigenvalue weighted by Crippen LogP contribution is -1.56. The van der Waals surface area contributed by atoms with E-state index in [0.717, 1.165) is 12.8 Å². The summed E-state index contributed by atoms with van der Waals surface area (Å²) in [7, 11) is 0. The standard InChI is InChI=1S/C9H12/c1-3-5-7-9-8-6-4-2/h3,6-7,9H,1-2,5,8H2. The molecule has 0 saturated heterocycles. The molecule has 0 amide bonds. The fourth-order valence-electron chi connectivity index (χ4n) is 0.440. The molecule has 0 spiro atoms. The largest absolute Gasteiger partial charge is 0.133 e. The highest BCUT2D eigenvalue weighted by atomic mass is 13.7. The van der Waals surface area contributed by atoms with Crippen molar-refractivity contribution in [1.82, 2.24) is 0 Å². The second kappa shape index (κ2) is 7.00. The Morgan fingerprint density at radius 2 is 1.89 bits per heavy atom. The molecule has 0 saturated carbocycles. The van der Waals surface area contributed by atoms with Crippen LogP contribution in [0.4, 0.5) is 0 Å². The van der Waals surface area contributed by atoms with E-state index >= 15 is 0 Å². The van der Waals surface area contributed by atoms with Crippen LogP contribution in [0.5, 0.6) is 0 Å². The number of hydrogen-bond donors (Lipinski definition) is 0. The molecule has 0 aromatic rings. The van der Waals surface area contributed by atoms with Crippen LogP contribution in [0, 0.1) is 0 Å². The molecule has 0 heterocycles. The maximum absolute atomic E-state index is 3.59. The molecule has 0 bridgehead atoms. The maximum Gasteiger partial charge on any atom is -0.00930 e. The zero-order chi connectivity index (χ0) is 6.95. The average Bonchev–Trinajstić information content (AvgIpc) is 1.89. The predicted molar refractivity (Wildman–Crippen MR) is 42.3 cm³/mol. The van der Waals surface area contributed by atoms with Gasteiger partial charge >= 0.3 is 0 Å². The van der Waals surface area contributed by atoms with E-state index in [0.29, 0.717) is 0 Å². The van der Waals surface area contributed by atoms with Gasteiger partial charge in [-0.25, -0.2) is 0 Å². The summed E-state index contributed by atoms with van der Waals surface area (Å²) in [5.41, 5.74) is 2.69. The lowest BCUT2D eigenvalue weighted by atomic mass is 10.3. The van der Waals surface area contributed by atoms with Crippen molar-refractivity contribution in [1.29, 1.82) is 0 Å². The second-order valence-corrected chi connectivity index (χ2v) is 1.64. The van der Waals surface area contributed by atoms with Gasteiger partial charge in [-0.1, -0.05) is 24.8 Å². The first kappa shape index (κ1) is 8.00. The minimum atomic E-state index is 0.928. The smallest absolute Gasteiger partial charge is 0.00930 e. The Hall–Kier alpha value is -1.00. The van der Waals surface area contributed by atoms with Crippen LogP contribution in [0.1, 0.15) is 12.8 Å². The summed E-state index contributed by atoms with van der Waals surface area (Å²) in [4.78, 5) is 0. The van der Waals surface area contributed by atoms with E-state index in [1.165, 1.54) is 0 Å². The zero-order valence-electron chi connectivity index (χ0n) is 5.64. The molecule has 0 atom stereocenters. The van der Waals surface area contributed by atoms with Gasteiger partial charge in [0.15, 0.2) is 0 Å². The van der Waals surface area contributed by atoms with E-state index in [4.69, 9.17) is 0 Å². The van der Waals surface area contributed by atoms with Gasteiger partial charge in [0, 0.05) is 0 Å².